The molecule has 0 spiro atoms. The number of ether oxygens (including phenoxy) is 3. The fraction of sp³-hybridized carbons (Fsp3) is 0.919. The Bertz CT molecular complexity index is 801. The monoisotopic (exact) mass is 622 g/mol. The standard InChI is InChI=1S/C37H66O7/c1-3-4-5-15-19-30(38)20-17-22-32(40)34-24-26-36(44-34)35-25-23-33(43-35)31(39)21-16-13-11-9-7-6-8-10-12-14-18-29-27-28(2)42-37(29)41/h27-28,30-36,38-40H,3-26H2,1-2H3/t28-,30+,31+,32-,33+,34+,35+,36+/m1/s1. The zero-order valence-corrected chi connectivity index (χ0v) is 28.1. The van der Waals surface area contributed by atoms with E-state index in [-0.39, 0.29) is 42.6 Å². The molecule has 44 heavy (non-hydrogen) atoms. The van der Waals surface area contributed by atoms with Gasteiger partial charge in [-0.2, -0.15) is 0 Å². The minimum atomic E-state index is -0.479. The van der Waals surface area contributed by atoms with Crippen molar-refractivity contribution in [2.75, 3.05) is 0 Å². The molecule has 0 amide bonds. The second-order valence-corrected chi connectivity index (χ2v) is 14.0. The van der Waals surface area contributed by atoms with Crippen LogP contribution in [0.5, 0.6) is 0 Å². The van der Waals surface area contributed by atoms with Crippen LogP contribution in [0.4, 0.5) is 0 Å². The normalized spacial score (nSPS) is 27.4. The van der Waals surface area contributed by atoms with E-state index in [1.165, 1.54) is 64.2 Å². The molecule has 3 aliphatic rings. The Kier molecular flexibility index (Phi) is 18.5. The summed E-state index contributed by atoms with van der Waals surface area (Å²) in [5, 5.41) is 31.6. The summed E-state index contributed by atoms with van der Waals surface area (Å²) in [6.07, 6.45) is 25.7. The summed E-state index contributed by atoms with van der Waals surface area (Å²) in [6, 6.07) is 0. The van der Waals surface area contributed by atoms with Crippen LogP contribution in [0.25, 0.3) is 0 Å². The molecule has 8 atom stereocenters. The van der Waals surface area contributed by atoms with E-state index in [2.05, 4.69) is 6.92 Å². The van der Waals surface area contributed by atoms with Crippen molar-refractivity contribution in [3.05, 3.63) is 11.6 Å². The molecule has 7 heteroatoms. The van der Waals surface area contributed by atoms with Gasteiger partial charge in [0.25, 0.3) is 0 Å². The third-order valence-electron chi connectivity index (χ3n) is 10.1. The molecular weight excluding hydrogens is 556 g/mol. The van der Waals surface area contributed by atoms with Crippen molar-refractivity contribution in [3.63, 3.8) is 0 Å². The van der Waals surface area contributed by atoms with Crippen LogP contribution in [0.1, 0.15) is 168 Å². The van der Waals surface area contributed by atoms with Crippen molar-refractivity contribution < 1.29 is 34.3 Å². The zero-order chi connectivity index (χ0) is 31.6. The Hall–Kier alpha value is -0.990. The van der Waals surface area contributed by atoms with Crippen LogP contribution in [-0.2, 0) is 19.0 Å². The number of rotatable bonds is 25. The van der Waals surface area contributed by atoms with Gasteiger partial charge in [-0.1, -0.05) is 90.4 Å². The molecule has 0 unspecified atom stereocenters. The maximum atomic E-state index is 11.6. The van der Waals surface area contributed by atoms with Crippen molar-refractivity contribution in [1.82, 2.24) is 0 Å². The minimum absolute atomic E-state index is 0.0170. The Balaban J connectivity index is 1.13. The Morgan fingerprint density at radius 3 is 1.68 bits per heavy atom. The molecule has 7 nitrogen and oxygen atoms in total. The fourth-order valence-corrected chi connectivity index (χ4v) is 7.28. The van der Waals surface area contributed by atoms with Crippen LogP contribution in [0.15, 0.2) is 11.6 Å². The summed E-state index contributed by atoms with van der Waals surface area (Å²) in [5.41, 5.74) is 0.863. The molecule has 2 fully saturated rings. The number of hydrogen-bond acceptors (Lipinski definition) is 7. The number of hydrogen-bond donors (Lipinski definition) is 3. The van der Waals surface area contributed by atoms with Crippen LogP contribution >= 0.6 is 0 Å². The van der Waals surface area contributed by atoms with Gasteiger partial charge in [0.05, 0.1) is 42.7 Å². The summed E-state index contributed by atoms with van der Waals surface area (Å²) >= 11 is 0. The second kappa shape index (κ2) is 21.7. The molecule has 0 aromatic heterocycles. The van der Waals surface area contributed by atoms with Gasteiger partial charge in [0.2, 0.25) is 0 Å². The molecule has 2 saturated heterocycles. The highest BCUT2D eigenvalue weighted by molar-refractivity contribution is 5.90. The number of carbonyl (C=O) groups excluding carboxylic acids is 1. The van der Waals surface area contributed by atoms with Gasteiger partial charge < -0.3 is 29.5 Å². The average molecular weight is 623 g/mol. The maximum Gasteiger partial charge on any atom is 0.334 e. The van der Waals surface area contributed by atoms with Gasteiger partial charge >= 0.3 is 5.97 Å². The topological polar surface area (TPSA) is 105 Å². The average Bonchev–Trinajstić information content (AvgIpc) is 3.76. The highest BCUT2D eigenvalue weighted by Crippen LogP contribution is 2.34. The van der Waals surface area contributed by atoms with Crippen molar-refractivity contribution in [1.29, 1.82) is 0 Å². The van der Waals surface area contributed by atoms with Gasteiger partial charge in [0, 0.05) is 5.57 Å². The van der Waals surface area contributed by atoms with Crippen LogP contribution in [0.3, 0.4) is 0 Å². The highest BCUT2D eigenvalue weighted by Gasteiger charge is 2.40. The molecule has 3 aliphatic heterocycles. The quantitative estimate of drug-likeness (QED) is 0.0703. The van der Waals surface area contributed by atoms with Crippen LogP contribution < -0.4 is 0 Å². The zero-order valence-electron chi connectivity index (χ0n) is 28.1. The number of unbranched alkanes of at least 4 members (excludes halogenated alkanes) is 12. The highest BCUT2D eigenvalue weighted by atomic mass is 16.6. The van der Waals surface area contributed by atoms with E-state index in [0.29, 0.717) is 6.42 Å². The Morgan fingerprint density at radius 1 is 0.659 bits per heavy atom. The number of aliphatic hydroxyl groups excluding tert-OH is 3. The lowest BCUT2D eigenvalue weighted by molar-refractivity contribution is -0.139. The SMILES string of the molecule is CCCCCC[C@H](O)CCC[C@@H](O)[C@@H]1CC[C@@H]([C@@H]2CC[C@@H]([C@@H](O)CCCCCCCCCCCCC3=C[C@@H](C)OC3=O)O2)O1. The third kappa shape index (κ3) is 14.2. The van der Waals surface area contributed by atoms with E-state index >= 15 is 0 Å². The smallest absolute Gasteiger partial charge is 0.334 e. The maximum absolute atomic E-state index is 11.6. The van der Waals surface area contributed by atoms with Crippen molar-refractivity contribution >= 4 is 5.97 Å². The van der Waals surface area contributed by atoms with E-state index in [0.717, 1.165) is 89.0 Å². The first kappa shape index (κ1) is 37.5. The summed E-state index contributed by atoms with van der Waals surface area (Å²) in [7, 11) is 0. The van der Waals surface area contributed by atoms with Gasteiger partial charge in [-0.3, -0.25) is 0 Å². The first-order chi connectivity index (χ1) is 21.4. The first-order valence-corrected chi connectivity index (χ1v) is 18.6. The molecule has 0 aromatic rings. The van der Waals surface area contributed by atoms with E-state index < -0.39 is 12.2 Å². The first-order valence-electron chi connectivity index (χ1n) is 18.6. The molecule has 0 saturated carbocycles. The lowest BCUT2D eigenvalue weighted by atomic mass is 9.99. The molecule has 3 N–H and O–H groups in total. The minimum Gasteiger partial charge on any atom is -0.455 e. The predicted molar refractivity (Wildman–Crippen MR) is 175 cm³/mol. The summed E-state index contributed by atoms with van der Waals surface area (Å²) in [5.74, 6) is -0.123. The lowest BCUT2D eigenvalue weighted by Gasteiger charge is -2.24. The van der Waals surface area contributed by atoms with Gasteiger partial charge in [-0.05, 0) is 83.6 Å². The molecule has 0 radical (unpaired) electrons. The number of aliphatic hydroxyl groups is 3. The third-order valence-corrected chi connectivity index (χ3v) is 10.1. The van der Waals surface area contributed by atoms with Gasteiger partial charge in [0.15, 0.2) is 0 Å². The second-order valence-electron chi connectivity index (χ2n) is 14.0. The Morgan fingerprint density at radius 2 is 1.14 bits per heavy atom. The fourth-order valence-electron chi connectivity index (χ4n) is 7.28. The summed E-state index contributed by atoms with van der Waals surface area (Å²) in [4.78, 5) is 11.6. The largest absolute Gasteiger partial charge is 0.455 e. The molecule has 0 bridgehead atoms. The van der Waals surface area contributed by atoms with Crippen LogP contribution in [-0.4, -0.2) is 70.1 Å². The number of carbonyl (C=O) groups is 1. The van der Waals surface area contributed by atoms with Gasteiger partial charge in [-0.15, -0.1) is 0 Å². The predicted octanol–water partition coefficient (Wildman–Crippen LogP) is 7.86. The molecular formula is C37H66O7. The van der Waals surface area contributed by atoms with Crippen LogP contribution in [0, 0.1) is 0 Å². The number of esters is 1. The molecule has 256 valence electrons. The van der Waals surface area contributed by atoms with E-state index in [1.54, 1.807) is 0 Å². The van der Waals surface area contributed by atoms with E-state index in [9.17, 15) is 20.1 Å². The molecule has 3 heterocycles. The van der Waals surface area contributed by atoms with Crippen molar-refractivity contribution in [2.24, 2.45) is 0 Å². The molecule has 3 rings (SSSR count). The summed E-state index contributed by atoms with van der Waals surface area (Å²) < 4.78 is 17.7. The van der Waals surface area contributed by atoms with Crippen molar-refractivity contribution in [3.8, 4) is 0 Å². The summed E-state index contributed by atoms with van der Waals surface area (Å²) in [6.45, 7) is 4.11. The Labute approximate surface area is 268 Å². The van der Waals surface area contributed by atoms with Crippen molar-refractivity contribution in [2.45, 2.75) is 217 Å². The molecule has 0 aromatic carbocycles. The van der Waals surface area contributed by atoms with Gasteiger partial charge in [0.1, 0.15) is 6.10 Å². The number of cyclic esters (lactones) is 1. The van der Waals surface area contributed by atoms with Crippen LogP contribution in [0.2, 0.25) is 0 Å². The van der Waals surface area contributed by atoms with Gasteiger partial charge in [-0.25, -0.2) is 4.79 Å². The van der Waals surface area contributed by atoms with E-state index in [1.807, 2.05) is 13.0 Å². The molecule has 0 aliphatic carbocycles. The van der Waals surface area contributed by atoms with E-state index in [4.69, 9.17) is 14.2 Å². The lowest BCUT2D eigenvalue weighted by Crippen LogP contribution is -2.33.